The SMILES string of the molecule is N#Cc1ccc(N2CCN(C(=O)Nc3cccc(I)c3)CC2)cc1. The minimum Gasteiger partial charge on any atom is -0.368 e. The van der Waals surface area contributed by atoms with Crippen molar-refractivity contribution in [3.8, 4) is 6.07 Å². The first-order chi connectivity index (χ1) is 11.7. The van der Waals surface area contributed by atoms with Gasteiger partial charge in [0.05, 0.1) is 11.6 Å². The van der Waals surface area contributed by atoms with Crippen LogP contribution in [-0.4, -0.2) is 37.1 Å². The predicted octanol–water partition coefficient (Wildman–Crippen LogP) is 3.52. The molecule has 3 rings (SSSR count). The van der Waals surface area contributed by atoms with Crippen LogP contribution >= 0.6 is 22.6 Å². The Morgan fingerprint density at radius 1 is 1.08 bits per heavy atom. The van der Waals surface area contributed by atoms with Crippen LogP contribution in [0.25, 0.3) is 0 Å². The zero-order chi connectivity index (χ0) is 16.9. The minimum atomic E-state index is -0.0588. The fourth-order valence-corrected chi connectivity index (χ4v) is 3.23. The van der Waals surface area contributed by atoms with Gasteiger partial charge in [-0.2, -0.15) is 5.26 Å². The Balaban J connectivity index is 1.56. The zero-order valence-corrected chi connectivity index (χ0v) is 15.2. The van der Waals surface area contributed by atoms with Crippen LogP contribution < -0.4 is 10.2 Å². The Morgan fingerprint density at radius 3 is 2.42 bits per heavy atom. The Bertz CT molecular complexity index is 761. The van der Waals surface area contributed by atoms with E-state index in [1.54, 1.807) is 0 Å². The first-order valence-electron chi connectivity index (χ1n) is 7.72. The number of carbonyl (C=O) groups is 1. The third-order valence-electron chi connectivity index (χ3n) is 4.00. The third-order valence-corrected chi connectivity index (χ3v) is 4.68. The van der Waals surface area contributed by atoms with Gasteiger partial charge in [0.2, 0.25) is 0 Å². The lowest BCUT2D eigenvalue weighted by Gasteiger charge is -2.36. The maximum Gasteiger partial charge on any atom is 0.321 e. The van der Waals surface area contributed by atoms with E-state index in [0.717, 1.165) is 28.0 Å². The van der Waals surface area contributed by atoms with E-state index in [2.05, 4.69) is 38.9 Å². The Kier molecular flexibility index (Phi) is 5.20. The summed E-state index contributed by atoms with van der Waals surface area (Å²) in [4.78, 5) is 16.4. The molecule has 24 heavy (non-hydrogen) atoms. The molecule has 0 aliphatic carbocycles. The molecule has 2 aromatic rings. The molecule has 2 aromatic carbocycles. The van der Waals surface area contributed by atoms with E-state index < -0.39 is 0 Å². The lowest BCUT2D eigenvalue weighted by Crippen LogP contribution is -2.50. The molecule has 122 valence electrons. The first-order valence-corrected chi connectivity index (χ1v) is 8.80. The molecule has 1 aliphatic heterocycles. The van der Waals surface area contributed by atoms with Gasteiger partial charge in [-0.1, -0.05) is 6.07 Å². The van der Waals surface area contributed by atoms with Crippen LogP contribution in [0, 0.1) is 14.9 Å². The van der Waals surface area contributed by atoms with Crippen LogP contribution in [0.3, 0.4) is 0 Å². The van der Waals surface area contributed by atoms with E-state index in [9.17, 15) is 4.79 Å². The number of hydrogen-bond donors (Lipinski definition) is 1. The summed E-state index contributed by atoms with van der Waals surface area (Å²) in [5, 5.41) is 11.8. The summed E-state index contributed by atoms with van der Waals surface area (Å²) < 4.78 is 1.09. The average Bonchev–Trinajstić information content (AvgIpc) is 2.62. The Hall–Kier alpha value is -2.27. The van der Waals surface area contributed by atoms with Gasteiger partial charge in [-0.3, -0.25) is 0 Å². The van der Waals surface area contributed by atoms with E-state index >= 15 is 0 Å². The maximum atomic E-state index is 12.4. The number of amides is 2. The van der Waals surface area contributed by atoms with Gasteiger partial charge >= 0.3 is 6.03 Å². The van der Waals surface area contributed by atoms with Crippen molar-refractivity contribution in [2.24, 2.45) is 0 Å². The van der Waals surface area contributed by atoms with E-state index in [1.807, 2.05) is 53.4 Å². The second-order valence-electron chi connectivity index (χ2n) is 5.57. The van der Waals surface area contributed by atoms with E-state index in [1.165, 1.54) is 0 Å². The molecule has 1 saturated heterocycles. The summed E-state index contributed by atoms with van der Waals surface area (Å²) in [7, 11) is 0. The monoisotopic (exact) mass is 432 g/mol. The highest BCUT2D eigenvalue weighted by atomic mass is 127. The molecule has 0 saturated carbocycles. The molecule has 0 spiro atoms. The first kappa shape index (κ1) is 16.6. The molecule has 1 fully saturated rings. The molecule has 1 aliphatic rings. The van der Waals surface area contributed by atoms with Gasteiger partial charge in [-0.25, -0.2) is 4.79 Å². The second kappa shape index (κ2) is 7.53. The summed E-state index contributed by atoms with van der Waals surface area (Å²) in [6.07, 6.45) is 0. The molecule has 1 heterocycles. The molecular formula is C18H17IN4O. The molecule has 1 N–H and O–H groups in total. The molecule has 0 aromatic heterocycles. The number of halogens is 1. The van der Waals surface area contributed by atoms with E-state index in [0.29, 0.717) is 18.7 Å². The quantitative estimate of drug-likeness (QED) is 0.740. The molecule has 2 amide bonds. The predicted molar refractivity (Wildman–Crippen MR) is 103 cm³/mol. The zero-order valence-electron chi connectivity index (χ0n) is 13.1. The number of benzene rings is 2. The number of nitrogens with zero attached hydrogens (tertiary/aromatic N) is 3. The molecule has 0 unspecified atom stereocenters. The summed E-state index contributed by atoms with van der Waals surface area (Å²) >= 11 is 2.23. The summed E-state index contributed by atoms with van der Waals surface area (Å²) in [5.74, 6) is 0. The van der Waals surface area contributed by atoms with Crippen molar-refractivity contribution in [1.82, 2.24) is 4.90 Å². The number of urea groups is 1. The van der Waals surface area contributed by atoms with Crippen molar-refractivity contribution in [1.29, 1.82) is 5.26 Å². The smallest absolute Gasteiger partial charge is 0.321 e. The van der Waals surface area contributed by atoms with Gasteiger partial charge < -0.3 is 15.1 Å². The highest BCUT2D eigenvalue weighted by molar-refractivity contribution is 14.1. The molecular weight excluding hydrogens is 415 g/mol. The molecule has 5 nitrogen and oxygen atoms in total. The maximum absolute atomic E-state index is 12.4. The van der Waals surface area contributed by atoms with Crippen molar-refractivity contribution in [3.63, 3.8) is 0 Å². The van der Waals surface area contributed by atoms with Crippen molar-refractivity contribution in [3.05, 3.63) is 57.7 Å². The summed E-state index contributed by atoms with van der Waals surface area (Å²) in [5.41, 5.74) is 2.57. The third kappa shape index (κ3) is 3.97. The van der Waals surface area contributed by atoms with Crippen LogP contribution in [0.1, 0.15) is 5.56 Å². The molecule has 0 atom stereocenters. The van der Waals surface area contributed by atoms with Gasteiger partial charge in [0.15, 0.2) is 0 Å². The highest BCUT2D eigenvalue weighted by Gasteiger charge is 2.21. The normalized spacial score (nSPS) is 14.2. The van der Waals surface area contributed by atoms with Gasteiger partial charge in [0.25, 0.3) is 0 Å². The largest absolute Gasteiger partial charge is 0.368 e. The van der Waals surface area contributed by atoms with Gasteiger partial charge in [-0.15, -0.1) is 0 Å². The lowest BCUT2D eigenvalue weighted by atomic mass is 10.2. The van der Waals surface area contributed by atoms with Crippen molar-refractivity contribution >= 4 is 40.0 Å². The van der Waals surface area contributed by atoms with E-state index in [4.69, 9.17) is 5.26 Å². The average molecular weight is 432 g/mol. The molecule has 6 heteroatoms. The fraction of sp³-hybridized carbons (Fsp3) is 0.222. The van der Waals surface area contributed by atoms with Crippen LogP contribution in [0.2, 0.25) is 0 Å². The number of nitriles is 1. The number of hydrogen-bond acceptors (Lipinski definition) is 3. The highest BCUT2D eigenvalue weighted by Crippen LogP contribution is 2.18. The van der Waals surface area contributed by atoms with Crippen molar-refractivity contribution in [2.45, 2.75) is 0 Å². The standard InChI is InChI=1S/C18H17IN4O/c19-15-2-1-3-16(12-15)21-18(24)23-10-8-22(9-11-23)17-6-4-14(13-20)5-7-17/h1-7,12H,8-11H2,(H,21,24). The number of nitrogens with one attached hydrogen (secondary N) is 1. The number of carbonyl (C=O) groups excluding carboxylic acids is 1. The van der Waals surface area contributed by atoms with Crippen LogP contribution in [0.15, 0.2) is 48.5 Å². The fourth-order valence-electron chi connectivity index (χ4n) is 2.68. The molecule has 0 bridgehead atoms. The molecule has 0 radical (unpaired) electrons. The summed E-state index contributed by atoms with van der Waals surface area (Å²) in [6.45, 7) is 2.92. The Morgan fingerprint density at radius 2 is 1.79 bits per heavy atom. The van der Waals surface area contributed by atoms with Crippen LogP contribution in [-0.2, 0) is 0 Å². The second-order valence-corrected chi connectivity index (χ2v) is 6.82. The summed E-state index contributed by atoms with van der Waals surface area (Å²) in [6, 6.07) is 17.4. The van der Waals surface area contributed by atoms with Gasteiger partial charge in [-0.05, 0) is 65.1 Å². The van der Waals surface area contributed by atoms with Crippen molar-refractivity contribution < 1.29 is 4.79 Å². The van der Waals surface area contributed by atoms with Crippen LogP contribution in [0.5, 0.6) is 0 Å². The van der Waals surface area contributed by atoms with Gasteiger partial charge in [0.1, 0.15) is 0 Å². The van der Waals surface area contributed by atoms with Crippen LogP contribution in [0.4, 0.5) is 16.2 Å². The number of anilines is 2. The Labute approximate surface area is 155 Å². The number of piperazine rings is 1. The topological polar surface area (TPSA) is 59.4 Å². The minimum absolute atomic E-state index is 0.0588. The van der Waals surface area contributed by atoms with Gasteiger partial charge in [0, 0.05) is 41.1 Å². The van der Waals surface area contributed by atoms with E-state index in [-0.39, 0.29) is 6.03 Å². The number of rotatable bonds is 2. The lowest BCUT2D eigenvalue weighted by molar-refractivity contribution is 0.208. The van der Waals surface area contributed by atoms with Crippen molar-refractivity contribution in [2.75, 3.05) is 36.4 Å².